The van der Waals surface area contributed by atoms with Gasteiger partial charge in [0.1, 0.15) is 35.9 Å². The minimum absolute atomic E-state index is 0.0544. The van der Waals surface area contributed by atoms with Crippen LogP contribution in [0.2, 0.25) is 0 Å². The Hall–Kier alpha value is -4.02. The summed E-state index contributed by atoms with van der Waals surface area (Å²) in [6, 6.07) is 16.5. The summed E-state index contributed by atoms with van der Waals surface area (Å²) >= 11 is 3.18. The Morgan fingerprint density at radius 1 is 1.10 bits per heavy atom. The number of nitrogens with one attached hydrogen (secondary N) is 1. The number of rotatable bonds is 7. The van der Waals surface area contributed by atoms with Crippen molar-refractivity contribution in [3.63, 3.8) is 0 Å². The van der Waals surface area contributed by atoms with Crippen LogP contribution in [0.5, 0.6) is 17.2 Å². The first kappa shape index (κ1) is 28.5. The van der Waals surface area contributed by atoms with Crippen LogP contribution in [0.3, 0.4) is 0 Å². The van der Waals surface area contributed by atoms with Crippen molar-refractivity contribution >= 4 is 33.3 Å². The zero-order valence-corrected chi connectivity index (χ0v) is 24.8. The average molecular weight is 625 g/mol. The van der Waals surface area contributed by atoms with Crippen molar-refractivity contribution in [2.75, 3.05) is 24.4 Å². The first-order chi connectivity index (χ1) is 19.5. The molecule has 0 radical (unpaired) electrons. The Bertz CT molecular complexity index is 1620. The van der Waals surface area contributed by atoms with Crippen LogP contribution in [0, 0.1) is 12.7 Å². The van der Waals surface area contributed by atoms with Crippen molar-refractivity contribution in [3.05, 3.63) is 88.0 Å². The number of benzene rings is 3. The number of hydrogen-bond acceptors (Lipinski definition) is 8. The van der Waals surface area contributed by atoms with Crippen molar-refractivity contribution in [3.8, 4) is 28.4 Å². The topological polar surface area (TPSA) is 93.4 Å². The van der Waals surface area contributed by atoms with E-state index >= 15 is 0 Å². The number of aryl methyl sites for hydroxylation is 1. The summed E-state index contributed by atoms with van der Waals surface area (Å²) in [7, 11) is 3.35. The molecule has 41 heavy (non-hydrogen) atoms. The molecular weight excluding hydrogens is 595 g/mol. The van der Waals surface area contributed by atoms with Crippen LogP contribution in [0.1, 0.15) is 35.5 Å². The molecule has 1 aromatic heterocycles. The van der Waals surface area contributed by atoms with E-state index in [4.69, 9.17) is 18.6 Å². The number of hydrogen-bond donors (Lipinski definition) is 2. The van der Waals surface area contributed by atoms with Crippen LogP contribution in [-0.4, -0.2) is 37.0 Å². The predicted molar refractivity (Wildman–Crippen MR) is 157 cm³/mol. The fraction of sp³-hybridized carbons (Fsp3) is 0.258. The van der Waals surface area contributed by atoms with E-state index in [9.17, 15) is 14.3 Å². The van der Waals surface area contributed by atoms with E-state index in [1.807, 2.05) is 40.0 Å². The molecule has 0 saturated carbocycles. The Kier molecular flexibility index (Phi) is 7.72. The molecule has 8 nitrogen and oxygen atoms in total. The van der Waals surface area contributed by atoms with E-state index in [-0.39, 0.29) is 18.1 Å². The van der Waals surface area contributed by atoms with Crippen molar-refractivity contribution in [1.82, 2.24) is 0 Å². The first-order valence-corrected chi connectivity index (χ1v) is 13.7. The number of esters is 1. The van der Waals surface area contributed by atoms with Crippen molar-refractivity contribution in [2.45, 2.75) is 39.1 Å². The Balaban J connectivity index is 1.57. The number of aliphatic hydroxyl groups is 1. The fourth-order valence-electron chi connectivity index (χ4n) is 4.97. The molecule has 1 aliphatic rings. The van der Waals surface area contributed by atoms with Crippen LogP contribution in [0.4, 0.5) is 15.8 Å². The molecule has 1 unspecified atom stereocenters. The van der Waals surface area contributed by atoms with Crippen LogP contribution in [0.15, 0.2) is 69.8 Å². The van der Waals surface area contributed by atoms with Crippen LogP contribution in [-0.2, 0) is 6.61 Å². The fourth-order valence-corrected chi connectivity index (χ4v) is 5.28. The standard InChI is InChI=1S/C31H30BrFN2O6/c1-17-6-7-18(33)14-25(17)39-16-22-20(10-11-23-28(22)35(4)30(37)31(2,3)34-23)21-9-8-19(15-26(21)38-5)40-29(36)24-12-13-27(32)41-24/h6-15,30,34,37H,16H2,1-5H3. The third-order valence-electron chi connectivity index (χ3n) is 7.07. The lowest BCUT2D eigenvalue weighted by Gasteiger charge is -2.46. The molecule has 4 aromatic rings. The van der Waals surface area contributed by atoms with Gasteiger partial charge in [-0.3, -0.25) is 0 Å². The highest BCUT2D eigenvalue weighted by molar-refractivity contribution is 9.10. The second-order valence-corrected chi connectivity index (χ2v) is 11.2. The summed E-state index contributed by atoms with van der Waals surface area (Å²) in [6.45, 7) is 5.76. The number of likely N-dealkylation sites (N-methyl/N-ethyl adjacent to an activating group) is 1. The van der Waals surface area contributed by atoms with E-state index in [2.05, 4.69) is 21.2 Å². The van der Waals surface area contributed by atoms with Gasteiger partial charge in [0, 0.05) is 30.3 Å². The molecule has 0 fully saturated rings. The number of ether oxygens (including phenoxy) is 3. The molecule has 0 aliphatic carbocycles. The Labute approximate surface area is 245 Å². The van der Waals surface area contributed by atoms with Gasteiger partial charge in [-0.25, -0.2) is 9.18 Å². The SMILES string of the molecule is COc1cc(OC(=O)c2ccc(Br)o2)ccc1-c1ccc2c(c1COc1cc(F)ccc1C)N(C)C(O)C(C)(C)N2. The van der Waals surface area contributed by atoms with Gasteiger partial charge >= 0.3 is 5.97 Å². The first-order valence-electron chi connectivity index (χ1n) is 12.9. The highest BCUT2D eigenvalue weighted by Crippen LogP contribution is 2.46. The molecule has 0 spiro atoms. The highest BCUT2D eigenvalue weighted by atomic mass is 79.9. The summed E-state index contributed by atoms with van der Waals surface area (Å²) in [4.78, 5) is 14.3. The summed E-state index contributed by atoms with van der Waals surface area (Å²) in [5, 5.41) is 14.5. The van der Waals surface area contributed by atoms with Crippen LogP contribution in [0.25, 0.3) is 11.1 Å². The summed E-state index contributed by atoms with van der Waals surface area (Å²) in [6.07, 6.45) is -0.842. The molecule has 0 bridgehead atoms. The molecule has 1 aliphatic heterocycles. The van der Waals surface area contributed by atoms with Crippen LogP contribution < -0.4 is 24.4 Å². The van der Waals surface area contributed by atoms with Gasteiger partial charge in [0.05, 0.1) is 24.0 Å². The maximum absolute atomic E-state index is 14.0. The highest BCUT2D eigenvalue weighted by Gasteiger charge is 2.38. The lowest BCUT2D eigenvalue weighted by Crippen LogP contribution is -2.56. The maximum atomic E-state index is 14.0. The molecule has 1 atom stereocenters. The number of carbonyl (C=O) groups is 1. The van der Waals surface area contributed by atoms with E-state index in [1.54, 1.807) is 35.2 Å². The Morgan fingerprint density at radius 3 is 2.56 bits per heavy atom. The van der Waals surface area contributed by atoms with Gasteiger partial charge < -0.3 is 34.0 Å². The maximum Gasteiger partial charge on any atom is 0.379 e. The molecule has 5 rings (SSSR count). The predicted octanol–water partition coefficient (Wildman–Crippen LogP) is 6.92. The number of anilines is 2. The molecular formula is C31H30BrFN2O6. The number of halogens is 2. The molecule has 2 N–H and O–H groups in total. The number of nitrogens with zero attached hydrogens (tertiary/aromatic N) is 1. The molecule has 10 heteroatoms. The van der Waals surface area contributed by atoms with Gasteiger partial charge in [0.2, 0.25) is 5.76 Å². The monoisotopic (exact) mass is 624 g/mol. The molecule has 214 valence electrons. The van der Waals surface area contributed by atoms with Gasteiger partial charge in [0.15, 0.2) is 4.67 Å². The number of carbonyl (C=O) groups excluding carboxylic acids is 1. The zero-order valence-electron chi connectivity index (χ0n) is 23.2. The molecule has 0 saturated heterocycles. The van der Waals surface area contributed by atoms with Crippen molar-refractivity contribution < 1.29 is 32.9 Å². The second-order valence-electron chi connectivity index (χ2n) is 10.4. The Morgan fingerprint density at radius 2 is 1.85 bits per heavy atom. The molecule has 0 amide bonds. The van der Waals surface area contributed by atoms with E-state index in [0.29, 0.717) is 21.7 Å². The van der Waals surface area contributed by atoms with E-state index in [0.717, 1.165) is 28.1 Å². The van der Waals surface area contributed by atoms with Crippen molar-refractivity contribution in [1.29, 1.82) is 0 Å². The number of methoxy groups -OCH3 is 1. The normalized spacial score (nSPS) is 15.6. The van der Waals surface area contributed by atoms with E-state index in [1.165, 1.54) is 25.3 Å². The van der Waals surface area contributed by atoms with Gasteiger partial charge in [-0.1, -0.05) is 12.1 Å². The number of aliphatic hydroxyl groups excluding tert-OH is 1. The summed E-state index contributed by atoms with van der Waals surface area (Å²) < 4.78 is 37.1. The minimum Gasteiger partial charge on any atom is -0.496 e. The quantitative estimate of drug-likeness (QED) is 0.169. The molecule has 2 heterocycles. The third kappa shape index (κ3) is 5.62. The smallest absolute Gasteiger partial charge is 0.379 e. The van der Waals surface area contributed by atoms with E-state index < -0.39 is 23.6 Å². The lowest BCUT2D eigenvalue weighted by molar-refractivity contribution is 0.0699. The van der Waals surface area contributed by atoms with Gasteiger partial charge in [-0.2, -0.15) is 0 Å². The largest absolute Gasteiger partial charge is 0.496 e. The van der Waals surface area contributed by atoms with Gasteiger partial charge in [-0.15, -0.1) is 0 Å². The van der Waals surface area contributed by atoms with Crippen LogP contribution >= 0.6 is 15.9 Å². The van der Waals surface area contributed by atoms with Gasteiger partial charge in [-0.05, 0) is 84.2 Å². The summed E-state index contributed by atoms with van der Waals surface area (Å²) in [5.74, 6) is 0.142. The third-order valence-corrected chi connectivity index (χ3v) is 7.50. The zero-order chi connectivity index (χ0) is 29.5. The average Bonchev–Trinajstić information content (AvgIpc) is 3.38. The van der Waals surface area contributed by atoms with Gasteiger partial charge in [0.25, 0.3) is 0 Å². The number of fused-ring (bicyclic) bond motifs is 1. The molecule has 3 aromatic carbocycles. The number of furan rings is 1. The summed E-state index contributed by atoms with van der Waals surface area (Å²) in [5.41, 5.74) is 3.95. The second kappa shape index (κ2) is 11.1. The lowest BCUT2D eigenvalue weighted by atomic mass is 9.91. The minimum atomic E-state index is -0.842. The van der Waals surface area contributed by atoms with Crippen molar-refractivity contribution in [2.24, 2.45) is 0 Å².